The smallest absolute Gasteiger partial charge is 0.255 e. The molecule has 1 aliphatic rings. The number of likely N-dealkylation sites (tertiary alicyclic amines) is 1. The Balaban J connectivity index is 1.38. The summed E-state index contributed by atoms with van der Waals surface area (Å²) in [6, 6.07) is 18.3. The molecule has 0 radical (unpaired) electrons. The van der Waals surface area contributed by atoms with E-state index >= 15 is 0 Å². The Labute approximate surface area is 219 Å². The molecule has 7 nitrogen and oxygen atoms in total. The minimum absolute atomic E-state index is 0.159. The molecule has 4 rings (SSSR count). The SMILES string of the molecule is O=C(NCc1ccc(-c2ccccc2CO)cc1F)[C@H](O)[C@@H](O)C(=O)N1CCCC1c1cccc(Cl)c1. The molecular formula is C28H28ClFN2O5. The second-order valence-corrected chi connectivity index (χ2v) is 9.41. The average molecular weight is 527 g/mol. The summed E-state index contributed by atoms with van der Waals surface area (Å²) < 4.78 is 14.8. The van der Waals surface area contributed by atoms with Gasteiger partial charge in [-0.2, -0.15) is 0 Å². The molecule has 0 aliphatic carbocycles. The predicted molar refractivity (Wildman–Crippen MR) is 137 cm³/mol. The van der Waals surface area contributed by atoms with Gasteiger partial charge in [0, 0.05) is 23.7 Å². The molecule has 1 saturated heterocycles. The Kier molecular flexibility index (Phi) is 8.56. The number of hydrogen-bond acceptors (Lipinski definition) is 5. The van der Waals surface area contributed by atoms with Crippen molar-refractivity contribution in [1.82, 2.24) is 10.2 Å². The second kappa shape index (κ2) is 11.8. The maximum absolute atomic E-state index is 14.8. The Morgan fingerprint density at radius 1 is 1.03 bits per heavy atom. The third-order valence-corrected chi connectivity index (χ3v) is 6.83. The molecule has 0 spiro atoms. The van der Waals surface area contributed by atoms with Crippen molar-refractivity contribution in [3.63, 3.8) is 0 Å². The van der Waals surface area contributed by atoms with Crippen LogP contribution in [-0.4, -0.2) is 50.8 Å². The number of halogens is 2. The van der Waals surface area contributed by atoms with E-state index in [-0.39, 0.29) is 24.8 Å². The van der Waals surface area contributed by atoms with Crippen molar-refractivity contribution in [2.75, 3.05) is 6.54 Å². The van der Waals surface area contributed by atoms with Crippen molar-refractivity contribution >= 4 is 23.4 Å². The maximum Gasteiger partial charge on any atom is 0.255 e. The summed E-state index contributed by atoms with van der Waals surface area (Å²) >= 11 is 6.07. The molecular weight excluding hydrogens is 499 g/mol. The number of aliphatic hydroxyl groups is 3. The molecule has 2 amide bonds. The zero-order valence-corrected chi connectivity index (χ0v) is 20.7. The number of nitrogens with one attached hydrogen (secondary N) is 1. The van der Waals surface area contributed by atoms with Gasteiger partial charge in [0.25, 0.3) is 11.8 Å². The van der Waals surface area contributed by atoms with Gasteiger partial charge < -0.3 is 25.5 Å². The molecule has 1 heterocycles. The predicted octanol–water partition coefficient (Wildman–Crippen LogP) is 3.34. The molecule has 1 fully saturated rings. The van der Waals surface area contributed by atoms with Crippen LogP contribution in [0.1, 0.15) is 35.6 Å². The minimum atomic E-state index is -2.02. The summed E-state index contributed by atoms with van der Waals surface area (Å²) in [7, 11) is 0. The van der Waals surface area contributed by atoms with Crippen LogP contribution in [0.25, 0.3) is 11.1 Å². The van der Waals surface area contributed by atoms with E-state index in [0.29, 0.717) is 41.1 Å². The van der Waals surface area contributed by atoms with Crippen LogP contribution in [0.2, 0.25) is 5.02 Å². The molecule has 4 N–H and O–H groups in total. The lowest BCUT2D eigenvalue weighted by molar-refractivity contribution is -0.153. The molecule has 9 heteroatoms. The number of amides is 2. The fourth-order valence-corrected chi connectivity index (χ4v) is 4.82. The summed E-state index contributed by atoms with van der Waals surface area (Å²) in [5.41, 5.74) is 2.88. The van der Waals surface area contributed by atoms with Crippen LogP contribution < -0.4 is 5.32 Å². The second-order valence-electron chi connectivity index (χ2n) is 8.97. The van der Waals surface area contributed by atoms with Gasteiger partial charge in [0.15, 0.2) is 12.2 Å². The number of aliphatic hydroxyl groups excluding tert-OH is 3. The maximum atomic E-state index is 14.8. The van der Waals surface area contributed by atoms with Crippen LogP contribution in [0.15, 0.2) is 66.7 Å². The molecule has 1 unspecified atom stereocenters. The van der Waals surface area contributed by atoms with E-state index in [2.05, 4.69) is 5.32 Å². The molecule has 37 heavy (non-hydrogen) atoms. The van der Waals surface area contributed by atoms with Crippen LogP contribution >= 0.6 is 11.6 Å². The van der Waals surface area contributed by atoms with Gasteiger partial charge in [0.2, 0.25) is 0 Å². The van der Waals surface area contributed by atoms with Crippen molar-refractivity contribution in [2.45, 2.75) is 44.2 Å². The van der Waals surface area contributed by atoms with Crippen molar-refractivity contribution in [1.29, 1.82) is 0 Å². The van der Waals surface area contributed by atoms with Gasteiger partial charge in [-0.25, -0.2) is 4.39 Å². The van der Waals surface area contributed by atoms with Gasteiger partial charge in [-0.1, -0.05) is 60.1 Å². The van der Waals surface area contributed by atoms with E-state index < -0.39 is 29.8 Å². The first-order chi connectivity index (χ1) is 17.8. The lowest BCUT2D eigenvalue weighted by Gasteiger charge is -2.28. The number of nitrogens with zero attached hydrogens (tertiary/aromatic N) is 1. The van der Waals surface area contributed by atoms with Crippen molar-refractivity contribution in [2.24, 2.45) is 0 Å². The average Bonchev–Trinajstić information content (AvgIpc) is 3.41. The zero-order valence-electron chi connectivity index (χ0n) is 20.0. The quantitative estimate of drug-likeness (QED) is 0.360. The summed E-state index contributed by atoms with van der Waals surface area (Å²) in [4.78, 5) is 26.9. The molecule has 0 bridgehead atoms. The zero-order chi connectivity index (χ0) is 26.5. The third-order valence-electron chi connectivity index (χ3n) is 6.59. The van der Waals surface area contributed by atoms with E-state index in [0.717, 1.165) is 5.56 Å². The molecule has 3 aromatic carbocycles. The fourth-order valence-electron chi connectivity index (χ4n) is 4.62. The Morgan fingerprint density at radius 3 is 2.54 bits per heavy atom. The minimum Gasteiger partial charge on any atom is -0.392 e. The normalized spacial score (nSPS) is 16.9. The number of carbonyl (C=O) groups is 2. The Morgan fingerprint density at radius 2 is 1.81 bits per heavy atom. The van der Waals surface area contributed by atoms with Gasteiger partial charge >= 0.3 is 0 Å². The third kappa shape index (κ3) is 5.99. The Bertz CT molecular complexity index is 1290. The van der Waals surface area contributed by atoms with Crippen LogP contribution in [0.5, 0.6) is 0 Å². The van der Waals surface area contributed by atoms with Gasteiger partial charge in [0.05, 0.1) is 12.6 Å². The molecule has 0 aromatic heterocycles. The number of benzene rings is 3. The highest BCUT2D eigenvalue weighted by molar-refractivity contribution is 6.30. The van der Waals surface area contributed by atoms with E-state index in [1.54, 1.807) is 48.5 Å². The summed E-state index contributed by atoms with van der Waals surface area (Å²) in [6.45, 7) is -0.0659. The highest BCUT2D eigenvalue weighted by Gasteiger charge is 2.38. The first-order valence-corrected chi connectivity index (χ1v) is 12.3. The molecule has 3 aromatic rings. The topological polar surface area (TPSA) is 110 Å². The first-order valence-electron chi connectivity index (χ1n) is 12.0. The molecule has 1 aliphatic heterocycles. The van der Waals surface area contributed by atoms with Gasteiger partial charge in [-0.3, -0.25) is 9.59 Å². The van der Waals surface area contributed by atoms with E-state index in [4.69, 9.17) is 11.6 Å². The molecule has 194 valence electrons. The van der Waals surface area contributed by atoms with Gasteiger partial charge in [-0.15, -0.1) is 0 Å². The largest absolute Gasteiger partial charge is 0.392 e. The van der Waals surface area contributed by atoms with E-state index in [1.165, 1.54) is 17.0 Å². The van der Waals surface area contributed by atoms with Gasteiger partial charge in [-0.05, 0) is 53.3 Å². The highest BCUT2D eigenvalue weighted by atomic mass is 35.5. The molecule has 3 atom stereocenters. The summed E-state index contributed by atoms with van der Waals surface area (Å²) in [5.74, 6) is -2.34. The van der Waals surface area contributed by atoms with Crippen LogP contribution in [0, 0.1) is 5.82 Å². The van der Waals surface area contributed by atoms with Crippen LogP contribution in [0.4, 0.5) is 4.39 Å². The van der Waals surface area contributed by atoms with E-state index in [9.17, 15) is 29.3 Å². The number of rotatable bonds is 8. The fraction of sp³-hybridized carbons (Fsp3) is 0.286. The van der Waals surface area contributed by atoms with Crippen molar-refractivity contribution in [3.05, 3.63) is 94.3 Å². The lowest BCUT2D eigenvalue weighted by atomic mass is 9.98. The first kappa shape index (κ1) is 26.8. The van der Waals surface area contributed by atoms with Crippen LogP contribution in [0.3, 0.4) is 0 Å². The Hall–Kier alpha value is -3.30. The van der Waals surface area contributed by atoms with Gasteiger partial charge in [0.1, 0.15) is 5.82 Å². The van der Waals surface area contributed by atoms with Crippen molar-refractivity contribution in [3.8, 4) is 11.1 Å². The highest BCUT2D eigenvalue weighted by Crippen LogP contribution is 2.33. The summed E-state index contributed by atoms with van der Waals surface area (Å²) in [5, 5.41) is 33.3. The van der Waals surface area contributed by atoms with Crippen molar-refractivity contribution < 1.29 is 29.3 Å². The summed E-state index contributed by atoms with van der Waals surface area (Å²) in [6.07, 6.45) is -2.62. The van der Waals surface area contributed by atoms with Crippen LogP contribution in [-0.2, 0) is 22.7 Å². The van der Waals surface area contributed by atoms with E-state index in [1.807, 2.05) is 6.07 Å². The number of hydrogen-bond donors (Lipinski definition) is 4. The monoisotopic (exact) mass is 526 g/mol. The standard InChI is InChI=1S/C28H28ClFN2O5/c29-21-7-3-6-18(13-21)24-9-4-12-32(24)28(37)26(35)25(34)27(36)31-15-19-11-10-17(14-23(19)30)22-8-2-1-5-20(22)16-33/h1-3,5-8,10-11,13-14,24-26,33-35H,4,9,12,15-16H2,(H,31,36)/t24?,25-,26-/m1/s1. The molecule has 0 saturated carbocycles. The number of carbonyl (C=O) groups excluding carboxylic acids is 2. The lowest BCUT2D eigenvalue weighted by Crippen LogP contribution is -2.50.